The third-order valence-corrected chi connectivity index (χ3v) is 5.52. The maximum Gasteiger partial charge on any atom is 0.460 e. The minimum atomic E-state index is -9.54. The van der Waals surface area contributed by atoms with Crippen LogP contribution in [-0.4, -0.2) is 94.6 Å². The fourth-order valence-corrected chi connectivity index (χ4v) is 2.56. The van der Waals surface area contributed by atoms with Crippen LogP contribution in [0.25, 0.3) is 0 Å². The van der Waals surface area contributed by atoms with E-state index in [9.17, 15) is 141 Å². The highest BCUT2D eigenvalue weighted by atomic mass is 19.4. The molecule has 0 heterocycles. The summed E-state index contributed by atoms with van der Waals surface area (Å²) in [4.78, 5) is 9.89. The summed E-state index contributed by atoms with van der Waals surface area (Å²) in [5.74, 6) is -119. The molecule has 0 saturated carbocycles. The predicted octanol–water partition coefficient (Wildman–Crippen LogP) is 9.97. The van der Waals surface area contributed by atoms with Crippen molar-refractivity contribution >= 4 is 5.97 Å². The molecule has 0 fully saturated rings. The van der Waals surface area contributed by atoms with Crippen molar-refractivity contribution in [3.05, 3.63) is 11.7 Å². The van der Waals surface area contributed by atoms with Gasteiger partial charge in [0.15, 0.2) is 0 Å². The maximum atomic E-state index is 13.7. The molecule has 0 aliphatic carbocycles. The Labute approximate surface area is 253 Å². The number of alkyl halides is 29. The summed E-state index contributed by atoms with van der Waals surface area (Å²) in [5.41, 5.74) is 0. The fourth-order valence-electron chi connectivity index (χ4n) is 2.56. The third kappa shape index (κ3) is 6.19. The second-order valence-electron chi connectivity index (χ2n) is 8.88. The van der Waals surface area contributed by atoms with Crippen molar-refractivity contribution < 1.29 is 151 Å². The first kappa shape index (κ1) is 48.0. The molecule has 0 unspecified atom stereocenters. The summed E-state index contributed by atoms with van der Waals surface area (Å²) in [7, 11) is 0. The largest absolute Gasteiger partial charge is 0.475 e. The molecular weight excluding hydrogens is 841 g/mol. The molecule has 0 atom stereocenters. The van der Waals surface area contributed by atoms with Crippen molar-refractivity contribution in [3.63, 3.8) is 0 Å². The van der Waals surface area contributed by atoms with Crippen molar-refractivity contribution in [3.8, 4) is 0 Å². The maximum absolute atomic E-state index is 13.7. The molecule has 0 saturated heterocycles. The van der Waals surface area contributed by atoms with Gasteiger partial charge in [0.2, 0.25) is 11.7 Å². The number of halogens is 31. The van der Waals surface area contributed by atoms with Crippen molar-refractivity contribution in [2.24, 2.45) is 0 Å². The summed E-state index contributed by atoms with van der Waals surface area (Å²) in [5, 5.41) is 7.70. The number of allylic oxidation sites excluding steroid dienone is 2. The van der Waals surface area contributed by atoms with Gasteiger partial charge in [-0.05, 0) is 0 Å². The molecule has 0 aromatic carbocycles. The van der Waals surface area contributed by atoms with Gasteiger partial charge in [-0.25, -0.2) is 18.3 Å². The van der Waals surface area contributed by atoms with Crippen LogP contribution in [0.4, 0.5) is 136 Å². The van der Waals surface area contributed by atoms with Gasteiger partial charge in [0, 0.05) is 0 Å². The first-order valence-corrected chi connectivity index (χ1v) is 10.4. The molecule has 51 heavy (non-hydrogen) atoms. The summed E-state index contributed by atoms with van der Waals surface area (Å²) in [6, 6.07) is 0. The molecule has 0 rings (SSSR count). The Hall–Kier alpha value is -3.00. The number of aliphatic carboxylic acids is 1. The molecule has 0 bridgehead atoms. The van der Waals surface area contributed by atoms with Crippen LogP contribution in [0.3, 0.4) is 0 Å². The van der Waals surface area contributed by atoms with Gasteiger partial charge in [0.25, 0.3) is 0 Å². The van der Waals surface area contributed by atoms with Crippen molar-refractivity contribution in [2.75, 3.05) is 0 Å². The monoisotopic (exact) mass is 842 g/mol. The first-order chi connectivity index (χ1) is 21.5. The number of hydrogen-bond donors (Lipinski definition) is 1. The number of ether oxygens (including phenoxy) is 1. The van der Waals surface area contributed by atoms with Crippen LogP contribution in [0, 0.1) is 0 Å². The van der Waals surface area contributed by atoms with Gasteiger partial charge in [-0.2, -0.15) is 127 Å². The molecule has 304 valence electrons. The zero-order valence-electron chi connectivity index (χ0n) is 21.5. The molecule has 0 amide bonds. The molecule has 0 aromatic heterocycles. The lowest BCUT2D eigenvalue weighted by atomic mass is 9.89. The number of rotatable bonds is 15. The lowest BCUT2D eigenvalue weighted by Crippen LogP contribution is -2.73. The lowest BCUT2D eigenvalue weighted by molar-refractivity contribution is -0.481. The van der Waals surface area contributed by atoms with Crippen LogP contribution < -0.4 is 0 Å². The Morgan fingerprint density at radius 3 is 0.804 bits per heavy atom. The van der Waals surface area contributed by atoms with Crippen molar-refractivity contribution in [1.29, 1.82) is 0 Å². The van der Waals surface area contributed by atoms with E-state index in [0.29, 0.717) is 0 Å². The number of carbonyl (C=O) groups is 1. The molecule has 0 aliphatic rings. The summed E-state index contributed by atoms with van der Waals surface area (Å²) in [6.07, 6.45) is -23.6. The number of carboxylic acids is 1. The second kappa shape index (κ2) is 12.0. The Morgan fingerprint density at radius 1 is 0.353 bits per heavy atom. The molecule has 0 radical (unpaired) electrons. The summed E-state index contributed by atoms with van der Waals surface area (Å²) in [6.45, 7) is 0. The quantitative estimate of drug-likeness (QED) is 0.167. The molecular formula is C17HF31O3. The van der Waals surface area contributed by atoms with Crippen molar-refractivity contribution in [1.82, 2.24) is 0 Å². The van der Waals surface area contributed by atoms with E-state index in [2.05, 4.69) is 0 Å². The highest BCUT2D eigenvalue weighted by Gasteiger charge is 2.95. The van der Waals surface area contributed by atoms with E-state index in [-0.39, 0.29) is 0 Å². The molecule has 3 nitrogen and oxygen atoms in total. The Kier molecular flexibility index (Phi) is 11.3. The van der Waals surface area contributed by atoms with Crippen LogP contribution in [-0.2, 0) is 9.53 Å². The smallest absolute Gasteiger partial charge is 0.460 e. The SMILES string of the molecule is O=C(O)C(F)(F)OC(F)(F)C(F)(F)C(F)(F)C(F)(F)C(F)(F)C(F)(F)/C(F)=C(\F)C(F)(F)C(F)(F)C(F)(F)C(F)(F)C(F)(F)C(F)(F)C(F)(F)F. The van der Waals surface area contributed by atoms with Crippen LogP contribution in [0.5, 0.6) is 0 Å². The average Bonchev–Trinajstić information content (AvgIpc) is 2.89. The summed E-state index contributed by atoms with van der Waals surface area (Å²) >= 11 is 0. The van der Waals surface area contributed by atoms with Crippen molar-refractivity contribution in [2.45, 2.75) is 83.5 Å². The van der Waals surface area contributed by atoms with Gasteiger partial charge in [-0.1, -0.05) is 0 Å². The highest BCUT2D eigenvalue weighted by molar-refractivity contribution is 5.73. The highest BCUT2D eigenvalue weighted by Crippen LogP contribution is 2.65. The Bertz CT molecular complexity index is 1350. The zero-order chi connectivity index (χ0) is 42.4. The fraction of sp³-hybridized carbons (Fsp3) is 0.824. The van der Waals surface area contributed by atoms with Gasteiger partial charge in [-0.15, -0.1) is 0 Å². The van der Waals surface area contributed by atoms with E-state index in [1.54, 1.807) is 0 Å². The molecule has 0 aliphatic heterocycles. The standard InChI is InChI=1S/C17HF31O3/c18-1(4(20,21)7(26,27)9(30,31)11(34,35)12(36,37)14(40,41)16(44,45)46)2(19)5(22,23)8(28,29)10(32,33)13(38,39)15(42,43)17(47,48)51-6(24,25)3(49)50/h(H,49,50)/b2-1+. The molecule has 34 heteroatoms. The Morgan fingerprint density at radius 2 is 0.569 bits per heavy atom. The zero-order valence-corrected chi connectivity index (χ0v) is 21.5. The second-order valence-corrected chi connectivity index (χ2v) is 8.88. The minimum absolute atomic E-state index is 1.24. The van der Waals surface area contributed by atoms with Gasteiger partial charge < -0.3 is 5.11 Å². The molecule has 0 aromatic rings. The van der Waals surface area contributed by atoms with Gasteiger partial charge in [0.1, 0.15) is 0 Å². The van der Waals surface area contributed by atoms with Crippen LogP contribution in [0.2, 0.25) is 0 Å². The number of hydrogen-bond acceptors (Lipinski definition) is 2. The number of carboxylic acid groups (broad SMARTS) is 1. The van der Waals surface area contributed by atoms with E-state index in [0.717, 1.165) is 0 Å². The first-order valence-electron chi connectivity index (χ1n) is 10.4. The van der Waals surface area contributed by atoms with E-state index in [1.165, 1.54) is 4.74 Å². The predicted molar refractivity (Wildman–Crippen MR) is 88.3 cm³/mol. The molecule has 1 N–H and O–H groups in total. The minimum Gasteiger partial charge on any atom is -0.475 e. The van der Waals surface area contributed by atoms with Gasteiger partial charge in [0.05, 0.1) is 0 Å². The average molecular weight is 842 g/mol. The van der Waals surface area contributed by atoms with E-state index >= 15 is 0 Å². The third-order valence-electron chi connectivity index (χ3n) is 5.52. The topological polar surface area (TPSA) is 46.5 Å². The van der Waals surface area contributed by atoms with Gasteiger partial charge >= 0.3 is 89.5 Å². The van der Waals surface area contributed by atoms with Crippen LogP contribution in [0.15, 0.2) is 11.7 Å². The van der Waals surface area contributed by atoms with E-state index in [1.807, 2.05) is 0 Å². The van der Waals surface area contributed by atoms with E-state index < -0.39 is 101 Å². The lowest BCUT2D eigenvalue weighted by Gasteiger charge is -2.42. The van der Waals surface area contributed by atoms with Crippen LogP contribution >= 0.6 is 0 Å². The van der Waals surface area contributed by atoms with Crippen LogP contribution in [0.1, 0.15) is 0 Å². The summed E-state index contributed by atoms with van der Waals surface area (Å²) < 4.78 is 412. The molecule has 0 spiro atoms. The Balaban J connectivity index is 7.53. The normalized spacial score (nSPS) is 17.1. The van der Waals surface area contributed by atoms with Gasteiger partial charge in [-0.3, -0.25) is 0 Å². The van der Waals surface area contributed by atoms with E-state index in [4.69, 9.17) is 5.11 Å².